The summed E-state index contributed by atoms with van der Waals surface area (Å²) in [5.41, 5.74) is 0.543. The van der Waals surface area contributed by atoms with Crippen molar-refractivity contribution in [3.8, 4) is 0 Å². The molecule has 1 saturated heterocycles. The number of hydrogen-bond acceptors (Lipinski definition) is 4. The summed E-state index contributed by atoms with van der Waals surface area (Å²) in [5, 5.41) is 0.427. The third-order valence-electron chi connectivity index (χ3n) is 5.21. The molecule has 4 nitrogen and oxygen atoms in total. The maximum Gasteiger partial charge on any atom is 0.291 e. The van der Waals surface area contributed by atoms with Crippen molar-refractivity contribution in [3.05, 3.63) is 35.9 Å². The van der Waals surface area contributed by atoms with E-state index < -0.39 is 11.3 Å². The highest BCUT2D eigenvalue weighted by molar-refractivity contribution is 7.80. The Morgan fingerprint density at radius 3 is 2.58 bits per heavy atom. The molecule has 1 fully saturated rings. The number of likely N-dealkylation sites (tertiary alicyclic amines) is 1. The molecule has 0 N–H and O–H groups in total. The number of benzene rings is 1. The van der Waals surface area contributed by atoms with Crippen LogP contribution < -0.4 is 0 Å². The maximum atomic E-state index is 12.8. The van der Waals surface area contributed by atoms with E-state index in [0.29, 0.717) is 24.6 Å². The molecule has 5 heteroatoms. The average molecular weight is 376 g/mol. The molecule has 0 aliphatic carbocycles. The average Bonchev–Trinajstić information content (AvgIpc) is 2.67. The fourth-order valence-corrected chi connectivity index (χ4v) is 3.34. The van der Waals surface area contributed by atoms with Crippen molar-refractivity contribution in [1.82, 2.24) is 4.90 Å². The SMILES string of the molecule is CCC(C)(C)C(=O)C(=O)N1CCCCC1C(=S)OCCc1ccccc1. The summed E-state index contributed by atoms with van der Waals surface area (Å²) in [6.45, 7) is 6.62. The summed E-state index contributed by atoms with van der Waals surface area (Å²) in [6, 6.07) is 9.79. The number of carbonyl (C=O) groups is 2. The zero-order valence-corrected chi connectivity index (χ0v) is 16.8. The normalized spacial score (nSPS) is 17.7. The van der Waals surface area contributed by atoms with E-state index in [-0.39, 0.29) is 11.8 Å². The van der Waals surface area contributed by atoms with Gasteiger partial charge in [-0.25, -0.2) is 0 Å². The summed E-state index contributed by atoms with van der Waals surface area (Å²) in [7, 11) is 0. The predicted molar refractivity (Wildman–Crippen MR) is 107 cm³/mol. The summed E-state index contributed by atoms with van der Waals surface area (Å²) < 4.78 is 5.78. The lowest BCUT2D eigenvalue weighted by Gasteiger charge is -2.36. The van der Waals surface area contributed by atoms with E-state index in [1.165, 1.54) is 5.56 Å². The van der Waals surface area contributed by atoms with E-state index in [2.05, 4.69) is 0 Å². The zero-order chi connectivity index (χ0) is 19.2. The lowest BCUT2D eigenvalue weighted by molar-refractivity contribution is -0.150. The van der Waals surface area contributed by atoms with Crippen LogP contribution in [0.4, 0.5) is 0 Å². The summed E-state index contributed by atoms with van der Waals surface area (Å²) in [5.74, 6) is -0.755. The van der Waals surface area contributed by atoms with Crippen LogP contribution in [0.25, 0.3) is 0 Å². The van der Waals surface area contributed by atoms with Gasteiger partial charge < -0.3 is 9.64 Å². The lowest BCUT2D eigenvalue weighted by Crippen LogP contribution is -2.52. The van der Waals surface area contributed by atoms with Crippen molar-refractivity contribution < 1.29 is 14.3 Å². The van der Waals surface area contributed by atoms with Crippen LogP contribution in [0, 0.1) is 5.41 Å². The first kappa shape index (κ1) is 20.6. The van der Waals surface area contributed by atoms with Gasteiger partial charge in [0.25, 0.3) is 5.91 Å². The molecule has 1 atom stereocenters. The Balaban J connectivity index is 1.97. The van der Waals surface area contributed by atoms with E-state index in [0.717, 1.165) is 25.7 Å². The smallest absolute Gasteiger partial charge is 0.291 e. The molecule has 1 aliphatic heterocycles. The first-order valence-electron chi connectivity index (χ1n) is 9.43. The Morgan fingerprint density at radius 2 is 1.92 bits per heavy atom. The number of carbonyl (C=O) groups excluding carboxylic acids is 2. The number of piperidine rings is 1. The van der Waals surface area contributed by atoms with Crippen LogP contribution in [0.15, 0.2) is 30.3 Å². The van der Waals surface area contributed by atoms with Crippen LogP contribution in [0.3, 0.4) is 0 Å². The number of ketones is 1. The largest absolute Gasteiger partial charge is 0.485 e. The molecule has 1 heterocycles. The van der Waals surface area contributed by atoms with Crippen molar-refractivity contribution >= 4 is 29.0 Å². The molecule has 1 aromatic carbocycles. The van der Waals surface area contributed by atoms with Gasteiger partial charge in [-0.15, -0.1) is 0 Å². The van der Waals surface area contributed by atoms with Crippen LogP contribution in [0.5, 0.6) is 0 Å². The minimum Gasteiger partial charge on any atom is -0.485 e. The molecular weight excluding hydrogens is 346 g/mol. The highest BCUT2D eigenvalue weighted by atomic mass is 32.1. The number of nitrogens with zero attached hydrogens (tertiary/aromatic N) is 1. The first-order chi connectivity index (χ1) is 12.4. The summed E-state index contributed by atoms with van der Waals surface area (Å²) in [6.07, 6.45) is 4.05. The predicted octanol–water partition coefficient (Wildman–Crippen LogP) is 3.96. The Labute approximate surface area is 161 Å². The molecule has 0 bridgehead atoms. The summed E-state index contributed by atoms with van der Waals surface area (Å²) >= 11 is 5.47. The molecular formula is C21H29NO3S. The standard InChI is InChI=1S/C21H29NO3S/c1-4-21(2,3)18(23)19(24)22-14-9-8-12-17(22)20(26)25-15-13-16-10-6-5-7-11-16/h5-7,10-11,17H,4,8-9,12-15H2,1-3H3. The van der Waals surface area contributed by atoms with E-state index in [9.17, 15) is 9.59 Å². The van der Waals surface area contributed by atoms with Gasteiger partial charge in [0.15, 0.2) is 5.05 Å². The molecule has 0 spiro atoms. The molecule has 1 amide bonds. The van der Waals surface area contributed by atoms with Crippen molar-refractivity contribution in [2.24, 2.45) is 5.41 Å². The maximum absolute atomic E-state index is 12.8. The van der Waals surface area contributed by atoms with Crippen LogP contribution in [-0.4, -0.2) is 40.8 Å². The number of rotatable bonds is 7. The highest BCUT2D eigenvalue weighted by Crippen LogP contribution is 2.26. The molecule has 1 unspecified atom stereocenters. The Kier molecular flexibility index (Phi) is 7.33. The van der Waals surface area contributed by atoms with Crippen LogP contribution in [-0.2, 0) is 20.7 Å². The van der Waals surface area contributed by atoms with E-state index in [1.807, 2.05) is 51.1 Å². The van der Waals surface area contributed by atoms with Crippen molar-refractivity contribution in [1.29, 1.82) is 0 Å². The van der Waals surface area contributed by atoms with Gasteiger partial charge in [-0.2, -0.15) is 0 Å². The molecule has 0 aromatic heterocycles. The molecule has 1 aromatic rings. The van der Waals surface area contributed by atoms with Crippen LogP contribution in [0.2, 0.25) is 0 Å². The van der Waals surface area contributed by atoms with Gasteiger partial charge in [-0.05, 0) is 43.5 Å². The van der Waals surface area contributed by atoms with Crippen LogP contribution >= 0.6 is 12.2 Å². The first-order valence-corrected chi connectivity index (χ1v) is 9.83. The van der Waals surface area contributed by atoms with E-state index >= 15 is 0 Å². The summed E-state index contributed by atoms with van der Waals surface area (Å²) in [4.78, 5) is 27.0. The Hall–Kier alpha value is -1.75. The van der Waals surface area contributed by atoms with Gasteiger partial charge in [0.1, 0.15) is 6.04 Å². The Morgan fingerprint density at radius 1 is 1.23 bits per heavy atom. The Bertz CT molecular complexity index is 642. The molecule has 0 saturated carbocycles. The fraction of sp³-hybridized carbons (Fsp3) is 0.571. The molecule has 2 rings (SSSR count). The number of ether oxygens (including phenoxy) is 1. The quantitative estimate of drug-likeness (QED) is 0.535. The molecule has 142 valence electrons. The van der Waals surface area contributed by atoms with E-state index in [4.69, 9.17) is 17.0 Å². The topological polar surface area (TPSA) is 46.6 Å². The minimum absolute atomic E-state index is 0.279. The second kappa shape index (κ2) is 9.26. The van der Waals surface area contributed by atoms with Gasteiger partial charge in [0, 0.05) is 18.4 Å². The monoisotopic (exact) mass is 375 g/mol. The lowest BCUT2D eigenvalue weighted by atomic mass is 9.84. The van der Waals surface area contributed by atoms with Gasteiger partial charge in [-0.1, -0.05) is 51.1 Å². The number of Topliss-reactive ketones (excluding diaryl/α,β-unsaturated/α-hetero) is 1. The zero-order valence-electron chi connectivity index (χ0n) is 16.0. The molecule has 0 radical (unpaired) electrons. The van der Waals surface area contributed by atoms with Crippen molar-refractivity contribution in [3.63, 3.8) is 0 Å². The fourth-order valence-electron chi connectivity index (χ4n) is 3.01. The second-order valence-corrected chi connectivity index (χ2v) is 7.88. The van der Waals surface area contributed by atoms with Crippen LogP contribution in [0.1, 0.15) is 52.0 Å². The third kappa shape index (κ3) is 5.13. The van der Waals surface area contributed by atoms with Crippen molar-refractivity contribution in [2.45, 2.75) is 58.9 Å². The number of thiocarbonyl (C=S) groups is 1. The minimum atomic E-state index is -0.644. The van der Waals surface area contributed by atoms with Gasteiger partial charge in [0.05, 0.1) is 6.61 Å². The molecule has 1 aliphatic rings. The molecule has 26 heavy (non-hydrogen) atoms. The third-order valence-corrected chi connectivity index (χ3v) is 5.60. The van der Waals surface area contributed by atoms with Gasteiger partial charge in [0.2, 0.25) is 5.78 Å². The number of hydrogen-bond donors (Lipinski definition) is 0. The van der Waals surface area contributed by atoms with Gasteiger partial charge in [-0.3, -0.25) is 9.59 Å². The van der Waals surface area contributed by atoms with Crippen molar-refractivity contribution in [2.75, 3.05) is 13.2 Å². The van der Waals surface area contributed by atoms with E-state index in [1.54, 1.807) is 4.90 Å². The van der Waals surface area contributed by atoms with Gasteiger partial charge >= 0.3 is 0 Å². The second-order valence-electron chi connectivity index (χ2n) is 7.48. The highest BCUT2D eigenvalue weighted by Gasteiger charge is 2.39. The number of amides is 1.